The zero-order valence-corrected chi connectivity index (χ0v) is 11.7. The van der Waals surface area contributed by atoms with Crippen LogP contribution in [0.5, 0.6) is 0 Å². The van der Waals surface area contributed by atoms with Crippen LogP contribution < -0.4 is 0 Å². The minimum Gasteiger partial charge on any atom is -0.273 e. The number of nitrogens with zero attached hydrogens (tertiary/aromatic N) is 2. The van der Waals surface area contributed by atoms with Gasteiger partial charge >= 0.3 is 0 Å². The van der Waals surface area contributed by atoms with E-state index in [1.807, 2.05) is 20.8 Å². The van der Waals surface area contributed by atoms with Gasteiger partial charge in [-0.1, -0.05) is 20.3 Å². The standard InChI is InChI=1S/C13H26N2O2/c1-5-9-11-13(17)15(8-4)14(7-3)12(16)10-6-2/h5-11H2,1-4H3. The predicted molar refractivity (Wildman–Crippen MR) is 69.2 cm³/mol. The molecule has 0 N–H and O–H groups in total. The average Bonchev–Trinajstić information content (AvgIpc) is 2.32. The molecule has 0 bridgehead atoms. The summed E-state index contributed by atoms with van der Waals surface area (Å²) in [6.07, 6.45) is 3.73. The van der Waals surface area contributed by atoms with Crippen LogP contribution in [0.4, 0.5) is 0 Å². The van der Waals surface area contributed by atoms with Crippen LogP contribution >= 0.6 is 0 Å². The Morgan fingerprint density at radius 1 is 0.765 bits per heavy atom. The van der Waals surface area contributed by atoms with Gasteiger partial charge in [0.05, 0.1) is 0 Å². The number of hydrazine groups is 1. The summed E-state index contributed by atoms with van der Waals surface area (Å²) in [6.45, 7) is 8.97. The highest BCUT2D eigenvalue weighted by Crippen LogP contribution is 2.07. The molecule has 0 aromatic carbocycles. The van der Waals surface area contributed by atoms with Crippen LogP contribution in [-0.4, -0.2) is 34.9 Å². The molecule has 100 valence electrons. The summed E-state index contributed by atoms with van der Waals surface area (Å²) in [4.78, 5) is 23.9. The normalized spacial score (nSPS) is 10.1. The van der Waals surface area contributed by atoms with Crippen molar-refractivity contribution in [2.24, 2.45) is 0 Å². The molecular weight excluding hydrogens is 216 g/mol. The van der Waals surface area contributed by atoms with Crippen molar-refractivity contribution in [3.05, 3.63) is 0 Å². The summed E-state index contributed by atoms with van der Waals surface area (Å²) in [5.41, 5.74) is 0. The Kier molecular flexibility index (Phi) is 8.46. The first-order valence-electron chi connectivity index (χ1n) is 6.72. The average molecular weight is 242 g/mol. The maximum Gasteiger partial charge on any atom is 0.241 e. The number of unbranched alkanes of at least 4 members (excludes halogenated alkanes) is 1. The van der Waals surface area contributed by atoms with Crippen LogP contribution in [0.25, 0.3) is 0 Å². The van der Waals surface area contributed by atoms with Crippen LogP contribution in [0.2, 0.25) is 0 Å². The van der Waals surface area contributed by atoms with E-state index in [0.29, 0.717) is 25.9 Å². The summed E-state index contributed by atoms with van der Waals surface area (Å²) >= 11 is 0. The first-order valence-corrected chi connectivity index (χ1v) is 6.72. The summed E-state index contributed by atoms with van der Waals surface area (Å²) < 4.78 is 0. The molecule has 4 heteroatoms. The molecule has 0 aromatic rings. The molecule has 0 heterocycles. The van der Waals surface area contributed by atoms with Crippen LogP contribution in [-0.2, 0) is 9.59 Å². The Bertz CT molecular complexity index is 242. The molecule has 0 atom stereocenters. The summed E-state index contributed by atoms with van der Waals surface area (Å²) in [7, 11) is 0. The van der Waals surface area contributed by atoms with E-state index in [9.17, 15) is 9.59 Å². The van der Waals surface area contributed by atoms with Gasteiger partial charge in [-0.05, 0) is 26.7 Å². The van der Waals surface area contributed by atoms with E-state index in [1.165, 1.54) is 0 Å². The van der Waals surface area contributed by atoms with Gasteiger partial charge in [0.1, 0.15) is 0 Å². The lowest BCUT2D eigenvalue weighted by Gasteiger charge is -2.33. The Balaban J connectivity index is 4.57. The number of carbonyl (C=O) groups is 2. The van der Waals surface area contributed by atoms with Crippen molar-refractivity contribution in [3.8, 4) is 0 Å². The van der Waals surface area contributed by atoms with Gasteiger partial charge in [0.15, 0.2) is 0 Å². The summed E-state index contributed by atoms with van der Waals surface area (Å²) in [5, 5.41) is 3.18. The monoisotopic (exact) mass is 242 g/mol. The third-order valence-corrected chi connectivity index (χ3v) is 2.67. The van der Waals surface area contributed by atoms with Crippen molar-refractivity contribution in [3.63, 3.8) is 0 Å². The van der Waals surface area contributed by atoms with E-state index in [2.05, 4.69) is 6.92 Å². The van der Waals surface area contributed by atoms with E-state index in [4.69, 9.17) is 0 Å². The first kappa shape index (κ1) is 15.9. The van der Waals surface area contributed by atoms with Crippen molar-refractivity contribution >= 4 is 11.8 Å². The smallest absolute Gasteiger partial charge is 0.241 e. The molecule has 0 aliphatic rings. The fourth-order valence-electron chi connectivity index (χ4n) is 1.76. The molecule has 0 aliphatic carbocycles. The van der Waals surface area contributed by atoms with Crippen molar-refractivity contribution in [1.29, 1.82) is 0 Å². The van der Waals surface area contributed by atoms with Crippen molar-refractivity contribution in [2.45, 2.75) is 59.8 Å². The van der Waals surface area contributed by atoms with Crippen LogP contribution in [0.3, 0.4) is 0 Å². The molecular formula is C13H26N2O2. The predicted octanol–water partition coefficient (Wildman–Crippen LogP) is 2.59. The fraction of sp³-hybridized carbons (Fsp3) is 0.846. The van der Waals surface area contributed by atoms with Crippen molar-refractivity contribution < 1.29 is 9.59 Å². The highest BCUT2D eigenvalue weighted by Gasteiger charge is 2.21. The highest BCUT2D eigenvalue weighted by atomic mass is 16.2. The molecule has 0 aromatic heterocycles. The van der Waals surface area contributed by atoms with Crippen molar-refractivity contribution in [2.75, 3.05) is 13.1 Å². The minimum absolute atomic E-state index is 0.0432. The third-order valence-electron chi connectivity index (χ3n) is 2.67. The number of rotatable bonds is 7. The maximum absolute atomic E-state index is 12.0. The van der Waals surface area contributed by atoms with Gasteiger partial charge in [-0.25, -0.2) is 0 Å². The van der Waals surface area contributed by atoms with Crippen LogP contribution in [0.15, 0.2) is 0 Å². The van der Waals surface area contributed by atoms with Gasteiger partial charge in [0.2, 0.25) is 11.8 Å². The maximum atomic E-state index is 12.0. The van der Waals surface area contributed by atoms with Gasteiger partial charge in [0, 0.05) is 25.9 Å². The molecule has 0 saturated heterocycles. The van der Waals surface area contributed by atoms with Crippen molar-refractivity contribution in [1.82, 2.24) is 10.0 Å². The number of hydrogen-bond donors (Lipinski definition) is 0. The van der Waals surface area contributed by atoms with Gasteiger partial charge in [-0.15, -0.1) is 0 Å². The second-order valence-corrected chi connectivity index (χ2v) is 4.07. The van der Waals surface area contributed by atoms with Gasteiger partial charge in [0.25, 0.3) is 0 Å². The van der Waals surface area contributed by atoms with E-state index in [1.54, 1.807) is 10.0 Å². The van der Waals surface area contributed by atoms with Gasteiger partial charge < -0.3 is 0 Å². The van der Waals surface area contributed by atoms with Gasteiger partial charge in [-0.2, -0.15) is 0 Å². The Morgan fingerprint density at radius 3 is 1.59 bits per heavy atom. The quantitative estimate of drug-likeness (QED) is 0.644. The molecule has 0 aliphatic heterocycles. The Hall–Kier alpha value is -1.06. The molecule has 0 unspecified atom stereocenters. The van der Waals surface area contributed by atoms with Gasteiger partial charge in [-0.3, -0.25) is 19.6 Å². The molecule has 0 spiro atoms. The third kappa shape index (κ3) is 5.20. The van der Waals surface area contributed by atoms with E-state index in [-0.39, 0.29) is 11.8 Å². The summed E-state index contributed by atoms with van der Waals surface area (Å²) in [5.74, 6) is 0.0994. The Morgan fingerprint density at radius 2 is 1.24 bits per heavy atom. The van der Waals surface area contributed by atoms with Crippen LogP contribution in [0.1, 0.15) is 59.8 Å². The first-order chi connectivity index (χ1) is 8.12. The largest absolute Gasteiger partial charge is 0.273 e. The molecule has 0 radical (unpaired) electrons. The van der Waals surface area contributed by atoms with Crippen LogP contribution in [0, 0.1) is 0 Å². The fourth-order valence-corrected chi connectivity index (χ4v) is 1.76. The number of amides is 2. The molecule has 2 amide bonds. The second kappa shape index (κ2) is 9.02. The lowest BCUT2D eigenvalue weighted by atomic mass is 10.2. The zero-order valence-electron chi connectivity index (χ0n) is 11.7. The molecule has 0 rings (SSSR count). The topological polar surface area (TPSA) is 40.6 Å². The second-order valence-electron chi connectivity index (χ2n) is 4.07. The van der Waals surface area contributed by atoms with E-state index < -0.39 is 0 Å². The molecule has 0 fully saturated rings. The number of hydrogen-bond acceptors (Lipinski definition) is 2. The highest BCUT2D eigenvalue weighted by molar-refractivity contribution is 5.82. The summed E-state index contributed by atoms with van der Waals surface area (Å²) in [6, 6.07) is 0. The van der Waals surface area contributed by atoms with E-state index >= 15 is 0 Å². The minimum atomic E-state index is 0.0432. The number of carbonyl (C=O) groups excluding carboxylic acids is 2. The SMILES string of the molecule is CCCCC(=O)N(CC)N(CC)C(=O)CCC. The molecule has 4 nitrogen and oxygen atoms in total. The molecule has 0 saturated carbocycles. The van der Waals surface area contributed by atoms with E-state index in [0.717, 1.165) is 19.3 Å². The zero-order chi connectivity index (χ0) is 13.3. The Labute approximate surface area is 105 Å². The molecule has 17 heavy (non-hydrogen) atoms. The lowest BCUT2D eigenvalue weighted by Crippen LogP contribution is -2.49. The lowest BCUT2D eigenvalue weighted by molar-refractivity contribution is -0.163.